The Morgan fingerprint density at radius 3 is 2.71 bits per heavy atom. The van der Waals surface area contributed by atoms with Crippen LogP contribution in [0.25, 0.3) is 6.08 Å². The molecule has 0 atom stereocenters. The van der Waals surface area contributed by atoms with E-state index in [0.29, 0.717) is 35.8 Å². The van der Waals surface area contributed by atoms with E-state index in [1.165, 1.54) is 4.90 Å². The fraction of sp³-hybridized carbons (Fsp3) is 0.167. The third-order valence-electron chi connectivity index (χ3n) is 4.80. The molecule has 2 amide bonds. The number of amides is 2. The van der Waals surface area contributed by atoms with Gasteiger partial charge >= 0.3 is 0 Å². The van der Waals surface area contributed by atoms with Crippen molar-refractivity contribution in [1.29, 1.82) is 0 Å². The summed E-state index contributed by atoms with van der Waals surface area (Å²) < 4.78 is 25.1. The van der Waals surface area contributed by atoms with E-state index in [1.54, 1.807) is 31.2 Å². The van der Waals surface area contributed by atoms with E-state index >= 15 is 0 Å². The molecule has 3 aromatic rings. The van der Waals surface area contributed by atoms with Crippen LogP contribution in [-0.2, 0) is 11.2 Å². The van der Waals surface area contributed by atoms with Gasteiger partial charge in [-0.3, -0.25) is 14.5 Å². The maximum Gasteiger partial charge on any atom is 0.293 e. The van der Waals surface area contributed by atoms with E-state index in [9.17, 15) is 14.0 Å². The number of carbonyl (C=O) groups is 2. The van der Waals surface area contributed by atoms with Gasteiger partial charge in [0, 0.05) is 6.54 Å². The summed E-state index contributed by atoms with van der Waals surface area (Å²) in [6.07, 6.45) is 3.10. The fourth-order valence-corrected chi connectivity index (χ4v) is 4.19. The number of imide groups is 1. The van der Waals surface area contributed by atoms with Crippen LogP contribution in [0.1, 0.15) is 18.1 Å². The van der Waals surface area contributed by atoms with Crippen molar-refractivity contribution in [3.8, 4) is 17.4 Å². The van der Waals surface area contributed by atoms with Crippen molar-refractivity contribution < 1.29 is 23.5 Å². The molecule has 0 bridgehead atoms. The Hall–Kier alpha value is -3.43. The van der Waals surface area contributed by atoms with E-state index in [0.717, 1.165) is 23.5 Å². The molecule has 2 aromatic carbocycles. The van der Waals surface area contributed by atoms with Crippen LogP contribution in [0, 0.1) is 5.82 Å². The SMILES string of the molecule is CCOc1cc(/C=C2/SC(=O)N(CCc3ccccc3)C2=O)ccc1Oc1nc(Cl)ncc1F. The first-order valence-electron chi connectivity index (χ1n) is 10.4. The molecular formula is C24H19ClFN3O4S. The summed E-state index contributed by atoms with van der Waals surface area (Å²) >= 11 is 6.61. The number of hydrogen-bond donors (Lipinski definition) is 0. The van der Waals surface area contributed by atoms with Crippen LogP contribution in [0.2, 0.25) is 5.28 Å². The Labute approximate surface area is 204 Å². The Kier molecular flexibility index (Phi) is 7.44. The molecule has 10 heteroatoms. The minimum atomic E-state index is -0.778. The molecule has 0 saturated carbocycles. The van der Waals surface area contributed by atoms with Crippen molar-refractivity contribution in [3.05, 3.63) is 81.9 Å². The second kappa shape index (κ2) is 10.7. The number of nitrogens with zero attached hydrogens (tertiary/aromatic N) is 3. The Balaban J connectivity index is 1.52. The Morgan fingerprint density at radius 1 is 1.15 bits per heavy atom. The van der Waals surface area contributed by atoms with Crippen LogP contribution in [0.5, 0.6) is 17.4 Å². The average Bonchev–Trinajstić information content (AvgIpc) is 3.09. The van der Waals surface area contributed by atoms with Gasteiger partial charge in [-0.2, -0.15) is 9.37 Å². The normalized spacial score (nSPS) is 14.7. The van der Waals surface area contributed by atoms with Gasteiger partial charge in [0.15, 0.2) is 11.5 Å². The van der Waals surface area contributed by atoms with Gasteiger partial charge in [-0.25, -0.2) is 4.98 Å². The van der Waals surface area contributed by atoms with Gasteiger partial charge in [-0.15, -0.1) is 0 Å². The summed E-state index contributed by atoms with van der Waals surface area (Å²) in [6.45, 7) is 2.41. The van der Waals surface area contributed by atoms with Crippen LogP contribution in [-0.4, -0.2) is 39.2 Å². The highest BCUT2D eigenvalue weighted by molar-refractivity contribution is 8.18. The quantitative estimate of drug-likeness (QED) is 0.289. The summed E-state index contributed by atoms with van der Waals surface area (Å²) in [5.41, 5.74) is 1.66. The fourth-order valence-electron chi connectivity index (χ4n) is 3.20. The van der Waals surface area contributed by atoms with Crippen LogP contribution in [0.3, 0.4) is 0 Å². The van der Waals surface area contributed by atoms with Crippen LogP contribution < -0.4 is 9.47 Å². The van der Waals surface area contributed by atoms with Crippen molar-refractivity contribution in [2.24, 2.45) is 0 Å². The molecule has 0 N–H and O–H groups in total. The third kappa shape index (κ3) is 5.55. The molecule has 1 aromatic heterocycles. The highest BCUT2D eigenvalue weighted by atomic mass is 35.5. The molecule has 1 aliphatic rings. The summed E-state index contributed by atoms with van der Waals surface area (Å²) in [5.74, 6) is -0.937. The highest BCUT2D eigenvalue weighted by Gasteiger charge is 2.34. The maximum atomic E-state index is 14.0. The van der Waals surface area contributed by atoms with Gasteiger partial charge in [-0.05, 0) is 66.0 Å². The zero-order chi connectivity index (χ0) is 24.1. The van der Waals surface area contributed by atoms with Gasteiger partial charge in [-0.1, -0.05) is 36.4 Å². The van der Waals surface area contributed by atoms with E-state index in [1.807, 2.05) is 30.3 Å². The molecule has 1 aliphatic heterocycles. The average molecular weight is 500 g/mol. The molecule has 2 heterocycles. The van der Waals surface area contributed by atoms with E-state index in [4.69, 9.17) is 21.1 Å². The number of benzene rings is 2. The number of thioether (sulfide) groups is 1. The summed E-state index contributed by atoms with van der Waals surface area (Å²) in [7, 11) is 0. The largest absolute Gasteiger partial charge is 0.490 e. The first-order chi connectivity index (χ1) is 16.4. The lowest BCUT2D eigenvalue weighted by molar-refractivity contribution is -0.122. The van der Waals surface area contributed by atoms with Gasteiger partial charge < -0.3 is 9.47 Å². The van der Waals surface area contributed by atoms with Crippen molar-refractivity contribution in [1.82, 2.24) is 14.9 Å². The number of carbonyl (C=O) groups excluding carboxylic acids is 2. The topological polar surface area (TPSA) is 81.6 Å². The lowest BCUT2D eigenvalue weighted by Gasteiger charge is -2.13. The molecular weight excluding hydrogens is 481 g/mol. The van der Waals surface area contributed by atoms with E-state index in [-0.39, 0.29) is 28.1 Å². The molecule has 174 valence electrons. The first kappa shape index (κ1) is 23.7. The van der Waals surface area contributed by atoms with E-state index in [2.05, 4.69) is 9.97 Å². The summed E-state index contributed by atoms with van der Waals surface area (Å²) in [6, 6.07) is 14.5. The molecule has 0 aliphatic carbocycles. The van der Waals surface area contributed by atoms with Crippen LogP contribution in [0.15, 0.2) is 59.6 Å². The number of ether oxygens (including phenoxy) is 2. The molecule has 0 radical (unpaired) electrons. The highest BCUT2D eigenvalue weighted by Crippen LogP contribution is 2.36. The van der Waals surface area contributed by atoms with Gasteiger partial charge in [0.25, 0.3) is 17.0 Å². The van der Waals surface area contributed by atoms with Crippen LogP contribution in [0.4, 0.5) is 9.18 Å². The molecule has 0 spiro atoms. The predicted molar refractivity (Wildman–Crippen MR) is 128 cm³/mol. The second-order valence-electron chi connectivity index (χ2n) is 7.10. The second-order valence-corrected chi connectivity index (χ2v) is 8.43. The van der Waals surface area contributed by atoms with Crippen molar-refractivity contribution in [3.63, 3.8) is 0 Å². The molecule has 7 nitrogen and oxygen atoms in total. The van der Waals surface area contributed by atoms with Gasteiger partial charge in [0.05, 0.1) is 17.7 Å². The van der Waals surface area contributed by atoms with Crippen molar-refractivity contribution in [2.45, 2.75) is 13.3 Å². The molecule has 1 fully saturated rings. The first-order valence-corrected chi connectivity index (χ1v) is 11.6. The lowest BCUT2D eigenvalue weighted by atomic mass is 10.1. The minimum absolute atomic E-state index is 0.158. The Morgan fingerprint density at radius 2 is 1.94 bits per heavy atom. The van der Waals surface area contributed by atoms with Gasteiger partial charge in [0.2, 0.25) is 11.1 Å². The van der Waals surface area contributed by atoms with Gasteiger partial charge in [0.1, 0.15) is 0 Å². The molecule has 34 heavy (non-hydrogen) atoms. The smallest absolute Gasteiger partial charge is 0.293 e. The number of halogens is 2. The minimum Gasteiger partial charge on any atom is -0.490 e. The molecule has 4 rings (SSSR count). The third-order valence-corrected chi connectivity index (χ3v) is 5.88. The Bertz CT molecular complexity index is 1260. The molecule has 1 saturated heterocycles. The zero-order valence-corrected chi connectivity index (χ0v) is 19.6. The van der Waals surface area contributed by atoms with E-state index < -0.39 is 5.82 Å². The number of hydrogen-bond acceptors (Lipinski definition) is 7. The lowest BCUT2D eigenvalue weighted by Crippen LogP contribution is -2.30. The summed E-state index contributed by atoms with van der Waals surface area (Å²) in [4.78, 5) is 34.1. The molecule has 0 unspecified atom stereocenters. The predicted octanol–water partition coefficient (Wildman–Crippen LogP) is 5.74. The number of rotatable bonds is 8. The van der Waals surface area contributed by atoms with Crippen LogP contribution >= 0.6 is 23.4 Å². The van der Waals surface area contributed by atoms with Crippen molar-refractivity contribution >= 4 is 40.6 Å². The summed E-state index contributed by atoms with van der Waals surface area (Å²) in [5, 5.41) is -0.470. The number of aromatic nitrogens is 2. The zero-order valence-electron chi connectivity index (χ0n) is 18.0. The maximum absolute atomic E-state index is 14.0. The monoisotopic (exact) mass is 499 g/mol. The van der Waals surface area contributed by atoms with Crippen molar-refractivity contribution in [2.75, 3.05) is 13.2 Å². The standard InChI is InChI=1S/C24H19ClFN3O4S/c1-2-32-19-12-16(8-9-18(19)33-21-17(26)14-27-23(25)28-21)13-20-22(30)29(24(31)34-20)11-10-15-6-4-3-5-7-15/h3-9,12-14H,2,10-11H2,1H3/b20-13+.